The number of carbonyl (C=O) groups is 1. The van der Waals surface area contributed by atoms with E-state index in [9.17, 15) is 4.79 Å². The first kappa shape index (κ1) is 13.8. The molecule has 0 amide bonds. The van der Waals surface area contributed by atoms with Gasteiger partial charge in [-0.1, -0.05) is 30.4 Å². The van der Waals surface area contributed by atoms with E-state index in [1.165, 1.54) is 16.7 Å². The van der Waals surface area contributed by atoms with Gasteiger partial charge in [-0.15, -0.1) is 0 Å². The number of allylic oxidation sites excluding steroid dienone is 3. The van der Waals surface area contributed by atoms with E-state index >= 15 is 0 Å². The van der Waals surface area contributed by atoms with Crippen LogP contribution in [0.25, 0.3) is 0 Å². The van der Waals surface area contributed by atoms with Gasteiger partial charge in [0.05, 0.1) is 5.92 Å². The third-order valence-corrected chi connectivity index (χ3v) is 3.59. The van der Waals surface area contributed by atoms with Crippen LogP contribution in [-0.2, 0) is 0 Å². The van der Waals surface area contributed by atoms with Gasteiger partial charge in [-0.05, 0) is 50.7 Å². The van der Waals surface area contributed by atoms with Gasteiger partial charge in [-0.2, -0.15) is 0 Å². The summed E-state index contributed by atoms with van der Waals surface area (Å²) in [5, 5.41) is 0. The van der Waals surface area contributed by atoms with Crippen LogP contribution in [0.5, 0.6) is 0 Å². The van der Waals surface area contributed by atoms with Gasteiger partial charge in [-0.3, -0.25) is 4.79 Å². The zero-order valence-corrected chi connectivity index (χ0v) is 12.1. The van der Waals surface area contributed by atoms with Crippen molar-refractivity contribution in [3.05, 3.63) is 58.7 Å². The van der Waals surface area contributed by atoms with Crippen molar-refractivity contribution in [1.82, 2.24) is 4.90 Å². The van der Waals surface area contributed by atoms with Crippen LogP contribution in [0.4, 0.5) is 0 Å². The van der Waals surface area contributed by atoms with Crippen LogP contribution in [-0.4, -0.2) is 31.3 Å². The Balaban J connectivity index is 2.22. The Morgan fingerprint density at radius 2 is 1.95 bits per heavy atom. The highest BCUT2D eigenvalue weighted by molar-refractivity contribution is 6.01. The minimum Gasteiger partial charge on any atom is -0.305 e. The molecule has 1 aliphatic rings. The maximum absolute atomic E-state index is 12.6. The van der Waals surface area contributed by atoms with Crippen molar-refractivity contribution >= 4 is 5.78 Å². The summed E-state index contributed by atoms with van der Waals surface area (Å²) in [5.41, 5.74) is 4.38. The average molecular weight is 255 g/mol. The van der Waals surface area contributed by atoms with E-state index in [1.54, 1.807) is 0 Å². The van der Waals surface area contributed by atoms with Crippen molar-refractivity contribution in [3.8, 4) is 0 Å². The second-order valence-electron chi connectivity index (χ2n) is 5.51. The fraction of sp³-hybridized carbons (Fsp3) is 0.353. The zero-order chi connectivity index (χ0) is 14.0. The maximum atomic E-state index is 12.6. The first-order chi connectivity index (χ1) is 8.99. The fourth-order valence-electron chi connectivity index (χ4n) is 2.36. The Bertz CT molecular complexity index is 552. The van der Waals surface area contributed by atoms with Crippen LogP contribution >= 0.6 is 0 Å². The van der Waals surface area contributed by atoms with Crippen LogP contribution in [0, 0.1) is 19.8 Å². The van der Waals surface area contributed by atoms with E-state index in [2.05, 4.69) is 17.9 Å². The summed E-state index contributed by atoms with van der Waals surface area (Å²) in [6.45, 7) is 4.94. The quantitative estimate of drug-likeness (QED) is 0.770. The molecule has 0 N–H and O–H groups in total. The molecule has 1 aromatic carbocycles. The van der Waals surface area contributed by atoms with Crippen molar-refractivity contribution in [3.63, 3.8) is 0 Å². The lowest BCUT2D eigenvalue weighted by Gasteiger charge is -2.17. The number of ketones is 1. The summed E-state index contributed by atoms with van der Waals surface area (Å²) in [5.74, 6) is 0.106. The third kappa shape index (κ3) is 3.02. The molecule has 1 aromatic rings. The first-order valence-electron chi connectivity index (χ1n) is 6.62. The highest BCUT2D eigenvalue weighted by Crippen LogP contribution is 2.25. The highest BCUT2D eigenvalue weighted by Gasteiger charge is 2.24. The van der Waals surface area contributed by atoms with Gasteiger partial charge in [0, 0.05) is 12.1 Å². The molecule has 1 atom stereocenters. The normalized spacial score (nSPS) is 17.9. The van der Waals surface area contributed by atoms with E-state index in [1.807, 2.05) is 51.4 Å². The van der Waals surface area contributed by atoms with Gasteiger partial charge in [0.1, 0.15) is 0 Å². The molecule has 0 heterocycles. The smallest absolute Gasteiger partial charge is 0.173 e. The Kier molecular flexibility index (Phi) is 4.01. The van der Waals surface area contributed by atoms with Gasteiger partial charge < -0.3 is 4.90 Å². The molecule has 2 rings (SSSR count). The molecule has 0 radical (unpaired) electrons. The molecule has 0 fully saturated rings. The lowest BCUT2D eigenvalue weighted by Crippen LogP contribution is -2.22. The molecule has 1 aliphatic carbocycles. The van der Waals surface area contributed by atoms with Crippen LogP contribution in [0.2, 0.25) is 0 Å². The number of carbonyl (C=O) groups excluding carboxylic acids is 1. The SMILES string of the molecule is Cc1ccc(C(=O)C2C=CC=C2CN(C)C)cc1C. The summed E-state index contributed by atoms with van der Waals surface area (Å²) in [4.78, 5) is 14.7. The maximum Gasteiger partial charge on any atom is 0.173 e. The van der Waals surface area contributed by atoms with E-state index in [-0.39, 0.29) is 11.7 Å². The van der Waals surface area contributed by atoms with Crippen LogP contribution < -0.4 is 0 Å². The van der Waals surface area contributed by atoms with E-state index in [0.717, 1.165) is 12.1 Å². The van der Waals surface area contributed by atoms with Crippen LogP contribution in [0.1, 0.15) is 21.5 Å². The van der Waals surface area contributed by atoms with E-state index in [0.29, 0.717) is 0 Å². The highest BCUT2D eigenvalue weighted by atomic mass is 16.1. The molecule has 0 aromatic heterocycles. The molecule has 2 nitrogen and oxygen atoms in total. The van der Waals surface area contributed by atoms with Crippen molar-refractivity contribution in [2.75, 3.05) is 20.6 Å². The topological polar surface area (TPSA) is 20.3 Å². The fourth-order valence-corrected chi connectivity index (χ4v) is 2.36. The van der Waals surface area contributed by atoms with Crippen molar-refractivity contribution < 1.29 is 4.79 Å². The second kappa shape index (κ2) is 5.54. The lowest BCUT2D eigenvalue weighted by molar-refractivity contribution is 0.0959. The number of benzene rings is 1. The summed E-state index contributed by atoms with van der Waals surface area (Å²) in [7, 11) is 4.05. The second-order valence-corrected chi connectivity index (χ2v) is 5.51. The van der Waals surface area contributed by atoms with Gasteiger partial charge >= 0.3 is 0 Å². The first-order valence-corrected chi connectivity index (χ1v) is 6.62. The Labute approximate surface area is 115 Å². The van der Waals surface area contributed by atoms with E-state index < -0.39 is 0 Å². The molecule has 1 unspecified atom stereocenters. The zero-order valence-electron chi connectivity index (χ0n) is 12.1. The van der Waals surface area contributed by atoms with Gasteiger partial charge in [0.25, 0.3) is 0 Å². The van der Waals surface area contributed by atoms with Gasteiger partial charge in [0.15, 0.2) is 5.78 Å². The molecule has 0 bridgehead atoms. The van der Waals surface area contributed by atoms with Crippen LogP contribution in [0.3, 0.4) is 0 Å². The lowest BCUT2D eigenvalue weighted by atomic mass is 9.91. The number of likely N-dealkylation sites (N-methyl/N-ethyl adjacent to an activating group) is 1. The Hall–Kier alpha value is -1.67. The predicted octanol–water partition coefficient (Wildman–Crippen LogP) is 3.16. The number of aryl methyl sites for hydroxylation is 2. The summed E-state index contributed by atoms with van der Waals surface area (Å²) in [6.07, 6.45) is 6.04. The summed E-state index contributed by atoms with van der Waals surface area (Å²) in [6, 6.07) is 5.96. The average Bonchev–Trinajstić information content (AvgIpc) is 2.79. The van der Waals surface area contributed by atoms with Crippen molar-refractivity contribution in [1.29, 1.82) is 0 Å². The minimum absolute atomic E-state index is 0.0930. The van der Waals surface area contributed by atoms with E-state index in [4.69, 9.17) is 0 Å². The molecule has 0 aliphatic heterocycles. The number of nitrogens with zero attached hydrogens (tertiary/aromatic N) is 1. The van der Waals surface area contributed by atoms with Gasteiger partial charge in [-0.25, -0.2) is 0 Å². The monoisotopic (exact) mass is 255 g/mol. The largest absolute Gasteiger partial charge is 0.305 e. The number of hydrogen-bond donors (Lipinski definition) is 0. The number of rotatable bonds is 4. The molecule has 19 heavy (non-hydrogen) atoms. The molecule has 0 spiro atoms. The molecular weight excluding hydrogens is 234 g/mol. The minimum atomic E-state index is -0.0930. The molecule has 0 saturated heterocycles. The molecular formula is C17H21NO. The van der Waals surface area contributed by atoms with Crippen LogP contribution in [0.15, 0.2) is 42.0 Å². The molecule has 2 heteroatoms. The predicted molar refractivity (Wildman–Crippen MR) is 79.5 cm³/mol. The van der Waals surface area contributed by atoms with Crippen molar-refractivity contribution in [2.24, 2.45) is 5.92 Å². The third-order valence-electron chi connectivity index (χ3n) is 3.59. The Morgan fingerprint density at radius 1 is 1.21 bits per heavy atom. The molecule has 0 saturated carbocycles. The standard InChI is InChI=1S/C17H21NO/c1-12-8-9-14(10-13(12)2)17(19)16-7-5-6-15(16)11-18(3)4/h5-10,16H,11H2,1-4H3. The van der Waals surface area contributed by atoms with Crippen molar-refractivity contribution in [2.45, 2.75) is 13.8 Å². The number of hydrogen-bond acceptors (Lipinski definition) is 2. The van der Waals surface area contributed by atoms with Gasteiger partial charge in [0.2, 0.25) is 0 Å². The number of Topliss-reactive ketones (excluding diaryl/α,β-unsaturated/α-hetero) is 1. The molecule has 100 valence electrons. The summed E-state index contributed by atoms with van der Waals surface area (Å²) < 4.78 is 0. The summed E-state index contributed by atoms with van der Waals surface area (Å²) >= 11 is 0. The Morgan fingerprint density at radius 3 is 2.58 bits per heavy atom.